The van der Waals surface area contributed by atoms with Crippen molar-refractivity contribution in [2.45, 2.75) is 13.0 Å². The Bertz CT molecular complexity index is 695. The summed E-state index contributed by atoms with van der Waals surface area (Å²) in [4.78, 5) is 0. The van der Waals surface area contributed by atoms with Crippen molar-refractivity contribution in [3.63, 3.8) is 0 Å². The number of hydrogen-bond acceptors (Lipinski definition) is 3. The normalized spacial score (nSPS) is 11.6. The first-order valence-corrected chi connectivity index (χ1v) is 6.35. The van der Waals surface area contributed by atoms with E-state index in [2.05, 4.69) is 5.32 Å². The van der Waals surface area contributed by atoms with Crippen LogP contribution in [0, 0.1) is 23.0 Å². The van der Waals surface area contributed by atoms with Gasteiger partial charge in [-0.05, 0) is 25.1 Å². The molecule has 0 spiro atoms. The zero-order valence-corrected chi connectivity index (χ0v) is 11.7. The molecule has 1 atom stereocenters. The number of rotatable bonds is 4. The molecule has 0 amide bonds. The molecule has 21 heavy (non-hydrogen) atoms. The summed E-state index contributed by atoms with van der Waals surface area (Å²) in [7, 11) is 1.46. The van der Waals surface area contributed by atoms with E-state index in [1.165, 1.54) is 25.3 Å². The highest BCUT2D eigenvalue weighted by atomic mass is 19.1. The van der Waals surface area contributed by atoms with Crippen molar-refractivity contribution in [1.82, 2.24) is 0 Å². The van der Waals surface area contributed by atoms with Gasteiger partial charge in [0.25, 0.3) is 0 Å². The standard InChI is InChI=1S/C16H14F2N2O/c1-10(12-7-6-11(21-2)8-15(12)18)20-16-5-3-4-14(17)13(16)9-19/h3-8,10,20H,1-2H3. The van der Waals surface area contributed by atoms with E-state index in [4.69, 9.17) is 10.00 Å². The van der Waals surface area contributed by atoms with Gasteiger partial charge in [-0.25, -0.2) is 8.78 Å². The summed E-state index contributed by atoms with van der Waals surface area (Å²) in [5.74, 6) is -0.610. The van der Waals surface area contributed by atoms with Crippen LogP contribution in [0.3, 0.4) is 0 Å². The summed E-state index contributed by atoms with van der Waals surface area (Å²) >= 11 is 0. The van der Waals surface area contributed by atoms with E-state index in [0.717, 1.165) is 0 Å². The Hall–Kier alpha value is -2.61. The Labute approximate surface area is 121 Å². The van der Waals surface area contributed by atoms with Crippen LogP contribution in [0.25, 0.3) is 0 Å². The Kier molecular flexibility index (Phi) is 4.39. The first kappa shape index (κ1) is 14.8. The number of anilines is 1. The van der Waals surface area contributed by atoms with E-state index in [-0.39, 0.29) is 5.56 Å². The largest absolute Gasteiger partial charge is 0.497 e. The molecule has 3 nitrogen and oxygen atoms in total. The van der Waals surface area contributed by atoms with Crippen molar-refractivity contribution in [2.24, 2.45) is 0 Å². The van der Waals surface area contributed by atoms with E-state index in [0.29, 0.717) is 17.0 Å². The molecule has 0 radical (unpaired) electrons. The molecule has 0 aliphatic heterocycles. The maximum atomic E-state index is 14.0. The third-order valence-corrected chi connectivity index (χ3v) is 3.17. The van der Waals surface area contributed by atoms with Gasteiger partial charge in [0.15, 0.2) is 0 Å². The summed E-state index contributed by atoms with van der Waals surface area (Å²) in [5, 5.41) is 11.9. The lowest BCUT2D eigenvalue weighted by molar-refractivity contribution is 0.410. The molecule has 0 aromatic heterocycles. The minimum Gasteiger partial charge on any atom is -0.497 e. The van der Waals surface area contributed by atoms with Gasteiger partial charge >= 0.3 is 0 Å². The van der Waals surface area contributed by atoms with Gasteiger partial charge in [0.05, 0.1) is 18.8 Å². The van der Waals surface area contributed by atoms with Gasteiger partial charge < -0.3 is 10.1 Å². The molecule has 2 rings (SSSR count). The average molecular weight is 288 g/mol. The summed E-state index contributed by atoms with van der Waals surface area (Å²) in [6.45, 7) is 1.73. The third-order valence-electron chi connectivity index (χ3n) is 3.17. The number of hydrogen-bond donors (Lipinski definition) is 1. The highest BCUT2D eigenvalue weighted by molar-refractivity contribution is 5.59. The van der Waals surface area contributed by atoms with E-state index < -0.39 is 17.7 Å². The van der Waals surface area contributed by atoms with Crippen LogP contribution in [0.2, 0.25) is 0 Å². The van der Waals surface area contributed by atoms with Crippen molar-refractivity contribution in [3.8, 4) is 11.8 Å². The second-order valence-corrected chi connectivity index (χ2v) is 4.53. The number of benzene rings is 2. The van der Waals surface area contributed by atoms with Gasteiger partial charge in [0, 0.05) is 11.6 Å². The van der Waals surface area contributed by atoms with Gasteiger partial charge in [-0.3, -0.25) is 0 Å². The molecular weight excluding hydrogens is 274 g/mol. The Morgan fingerprint density at radius 1 is 1.19 bits per heavy atom. The van der Waals surface area contributed by atoms with Crippen molar-refractivity contribution in [2.75, 3.05) is 12.4 Å². The topological polar surface area (TPSA) is 45.0 Å². The molecule has 0 aliphatic rings. The highest BCUT2D eigenvalue weighted by Crippen LogP contribution is 2.27. The van der Waals surface area contributed by atoms with Crippen molar-refractivity contribution in [1.29, 1.82) is 5.26 Å². The molecule has 0 fully saturated rings. The summed E-state index contributed by atoms with van der Waals surface area (Å²) in [5.41, 5.74) is 0.655. The number of ether oxygens (including phenoxy) is 1. The lowest BCUT2D eigenvalue weighted by Crippen LogP contribution is -2.10. The van der Waals surface area contributed by atoms with Crippen LogP contribution in [0.15, 0.2) is 36.4 Å². The van der Waals surface area contributed by atoms with Crippen LogP contribution in [0.1, 0.15) is 24.1 Å². The smallest absolute Gasteiger partial charge is 0.143 e. The van der Waals surface area contributed by atoms with Crippen LogP contribution >= 0.6 is 0 Å². The second kappa shape index (κ2) is 6.23. The third kappa shape index (κ3) is 3.11. The lowest BCUT2D eigenvalue weighted by atomic mass is 10.1. The number of nitrogens with one attached hydrogen (secondary N) is 1. The number of nitrogens with zero attached hydrogens (tertiary/aromatic N) is 1. The Balaban J connectivity index is 2.29. The molecule has 0 saturated carbocycles. The van der Waals surface area contributed by atoms with Gasteiger partial charge in [-0.15, -0.1) is 0 Å². The van der Waals surface area contributed by atoms with Crippen molar-refractivity contribution in [3.05, 3.63) is 59.2 Å². The van der Waals surface area contributed by atoms with Crippen LogP contribution < -0.4 is 10.1 Å². The molecule has 1 N–H and O–H groups in total. The van der Waals surface area contributed by atoms with Crippen LogP contribution in [0.4, 0.5) is 14.5 Å². The zero-order valence-electron chi connectivity index (χ0n) is 11.7. The molecule has 108 valence electrons. The highest BCUT2D eigenvalue weighted by Gasteiger charge is 2.15. The average Bonchev–Trinajstić information content (AvgIpc) is 2.47. The first-order chi connectivity index (χ1) is 10.1. The summed E-state index contributed by atoms with van der Waals surface area (Å²) < 4.78 is 32.5. The molecule has 0 saturated heterocycles. The summed E-state index contributed by atoms with van der Waals surface area (Å²) in [6.07, 6.45) is 0. The van der Waals surface area contributed by atoms with Crippen molar-refractivity contribution >= 4 is 5.69 Å². The number of halogens is 2. The molecule has 5 heteroatoms. The molecule has 0 heterocycles. The monoisotopic (exact) mass is 288 g/mol. The molecular formula is C16H14F2N2O. The van der Waals surface area contributed by atoms with Gasteiger partial charge in [0.2, 0.25) is 0 Å². The van der Waals surface area contributed by atoms with Crippen LogP contribution in [0.5, 0.6) is 5.75 Å². The van der Waals surface area contributed by atoms with E-state index >= 15 is 0 Å². The Morgan fingerprint density at radius 3 is 2.57 bits per heavy atom. The van der Waals surface area contributed by atoms with Gasteiger partial charge in [-0.2, -0.15) is 5.26 Å². The first-order valence-electron chi connectivity index (χ1n) is 6.35. The van der Waals surface area contributed by atoms with E-state index in [1.807, 2.05) is 0 Å². The van der Waals surface area contributed by atoms with Gasteiger partial charge in [0.1, 0.15) is 29.0 Å². The minimum absolute atomic E-state index is 0.0849. The predicted octanol–water partition coefficient (Wildman–Crippen LogP) is 4.02. The Morgan fingerprint density at radius 2 is 1.95 bits per heavy atom. The quantitative estimate of drug-likeness (QED) is 0.924. The second-order valence-electron chi connectivity index (χ2n) is 4.53. The fourth-order valence-corrected chi connectivity index (χ4v) is 2.06. The van der Waals surface area contributed by atoms with Gasteiger partial charge in [-0.1, -0.05) is 12.1 Å². The predicted molar refractivity (Wildman–Crippen MR) is 76.1 cm³/mol. The fourth-order valence-electron chi connectivity index (χ4n) is 2.06. The molecule has 1 unspecified atom stereocenters. The maximum Gasteiger partial charge on any atom is 0.143 e. The van der Waals surface area contributed by atoms with Crippen LogP contribution in [-0.4, -0.2) is 7.11 Å². The SMILES string of the molecule is COc1ccc(C(C)Nc2cccc(F)c2C#N)c(F)c1. The molecule has 2 aromatic carbocycles. The van der Waals surface area contributed by atoms with Crippen LogP contribution in [-0.2, 0) is 0 Å². The maximum absolute atomic E-state index is 14.0. The summed E-state index contributed by atoms with van der Waals surface area (Å²) in [6, 6.07) is 10.2. The number of nitriles is 1. The van der Waals surface area contributed by atoms with E-state index in [9.17, 15) is 8.78 Å². The van der Waals surface area contributed by atoms with E-state index in [1.54, 1.807) is 31.2 Å². The molecule has 0 bridgehead atoms. The fraction of sp³-hybridized carbons (Fsp3) is 0.188. The zero-order chi connectivity index (χ0) is 15.4. The number of methoxy groups -OCH3 is 1. The lowest BCUT2D eigenvalue weighted by Gasteiger charge is -2.18. The van der Waals surface area contributed by atoms with Crippen molar-refractivity contribution < 1.29 is 13.5 Å². The minimum atomic E-state index is -0.607. The molecule has 0 aliphatic carbocycles. The molecule has 2 aromatic rings.